The monoisotopic (exact) mass is 230 g/mol. The summed E-state index contributed by atoms with van der Waals surface area (Å²) in [5.74, 6) is 0. The predicted octanol–water partition coefficient (Wildman–Crippen LogP) is 2.76. The highest BCUT2D eigenvalue weighted by Crippen LogP contribution is 2.29. The van der Waals surface area contributed by atoms with Gasteiger partial charge < -0.3 is 5.32 Å². The summed E-state index contributed by atoms with van der Waals surface area (Å²) in [5.41, 5.74) is 3.78. The molecule has 1 aliphatic heterocycles. The molecule has 0 fully saturated rings. The Morgan fingerprint density at radius 2 is 2.06 bits per heavy atom. The van der Waals surface area contributed by atoms with Crippen LogP contribution in [0.25, 0.3) is 10.6 Å². The normalized spacial score (nSPS) is 14.8. The molecular weight excluding hydrogens is 216 g/mol. The van der Waals surface area contributed by atoms with E-state index in [1.165, 1.54) is 21.7 Å². The molecule has 2 heterocycles. The lowest BCUT2D eigenvalue weighted by molar-refractivity contribution is 0.639. The van der Waals surface area contributed by atoms with Gasteiger partial charge in [-0.25, -0.2) is 4.98 Å². The molecule has 1 aliphatic rings. The number of fused-ring (bicyclic) bond motifs is 1. The maximum Gasteiger partial charge on any atom is 0.123 e. The van der Waals surface area contributed by atoms with Gasteiger partial charge in [0.15, 0.2) is 0 Å². The molecule has 2 aromatic rings. The van der Waals surface area contributed by atoms with E-state index in [1.807, 2.05) is 11.3 Å². The number of benzene rings is 1. The second-order valence-electron chi connectivity index (χ2n) is 4.18. The molecule has 1 N–H and O–H groups in total. The van der Waals surface area contributed by atoms with Crippen molar-refractivity contribution in [3.05, 3.63) is 40.4 Å². The third kappa shape index (κ3) is 1.77. The minimum Gasteiger partial charge on any atom is -0.311 e. The summed E-state index contributed by atoms with van der Waals surface area (Å²) < 4.78 is 0. The van der Waals surface area contributed by atoms with Gasteiger partial charge in [0.1, 0.15) is 5.01 Å². The molecule has 0 aliphatic carbocycles. The highest BCUT2D eigenvalue weighted by Gasteiger charge is 2.15. The largest absolute Gasteiger partial charge is 0.311 e. The summed E-state index contributed by atoms with van der Waals surface area (Å²) in [5, 5.41) is 4.52. The summed E-state index contributed by atoms with van der Waals surface area (Å²) in [6, 6.07) is 8.61. The van der Waals surface area contributed by atoms with E-state index < -0.39 is 0 Å². The number of aryl methyl sites for hydroxylation is 1. The summed E-state index contributed by atoms with van der Waals surface area (Å²) in [6.07, 6.45) is 1.12. The maximum absolute atomic E-state index is 4.71. The van der Waals surface area contributed by atoms with Crippen molar-refractivity contribution in [2.75, 3.05) is 6.54 Å². The zero-order chi connectivity index (χ0) is 11.0. The molecule has 0 saturated carbocycles. The van der Waals surface area contributed by atoms with Crippen LogP contribution < -0.4 is 5.32 Å². The lowest BCUT2D eigenvalue weighted by atomic mass is 10.1. The molecule has 1 aromatic carbocycles. The summed E-state index contributed by atoms with van der Waals surface area (Å²) in [4.78, 5) is 6.16. The summed E-state index contributed by atoms with van der Waals surface area (Å²) in [6.45, 7) is 4.13. The van der Waals surface area contributed by atoms with Crippen molar-refractivity contribution in [3.8, 4) is 10.6 Å². The quantitative estimate of drug-likeness (QED) is 0.815. The van der Waals surface area contributed by atoms with Gasteiger partial charge in [-0.05, 0) is 13.3 Å². The average molecular weight is 230 g/mol. The van der Waals surface area contributed by atoms with Gasteiger partial charge in [0, 0.05) is 23.5 Å². The van der Waals surface area contributed by atoms with Crippen molar-refractivity contribution < 1.29 is 0 Å². The maximum atomic E-state index is 4.71. The van der Waals surface area contributed by atoms with E-state index in [9.17, 15) is 0 Å². The zero-order valence-corrected chi connectivity index (χ0v) is 10.1. The molecule has 3 heteroatoms. The summed E-state index contributed by atoms with van der Waals surface area (Å²) >= 11 is 1.84. The number of thiazole rings is 1. The van der Waals surface area contributed by atoms with Crippen LogP contribution in [-0.2, 0) is 13.0 Å². The predicted molar refractivity (Wildman–Crippen MR) is 67.7 cm³/mol. The standard InChI is InChI=1S/C13H14N2S/c1-9-2-4-10(5-3-9)13-15-11-8-14-7-6-12(11)16-13/h2-5,14H,6-8H2,1H3. The van der Waals surface area contributed by atoms with E-state index >= 15 is 0 Å². The van der Waals surface area contributed by atoms with Gasteiger partial charge in [-0.3, -0.25) is 0 Å². The third-order valence-corrected chi connectivity index (χ3v) is 4.10. The Morgan fingerprint density at radius 1 is 1.25 bits per heavy atom. The minimum atomic E-state index is 0.928. The first kappa shape index (κ1) is 10.00. The summed E-state index contributed by atoms with van der Waals surface area (Å²) in [7, 11) is 0. The van der Waals surface area contributed by atoms with Crippen LogP contribution in [-0.4, -0.2) is 11.5 Å². The Hall–Kier alpha value is -1.19. The average Bonchev–Trinajstić information content (AvgIpc) is 2.73. The highest BCUT2D eigenvalue weighted by molar-refractivity contribution is 7.15. The first-order chi connectivity index (χ1) is 7.83. The topological polar surface area (TPSA) is 24.9 Å². The van der Waals surface area contributed by atoms with E-state index in [4.69, 9.17) is 4.98 Å². The molecular formula is C13H14N2S. The molecule has 0 atom stereocenters. The van der Waals surface area contributed by atoms with Crippen LogP contribution in [0.1, 0.15) is 16.1 Å². The smallest absolute Gasteiger partial charge is 0.123 e. The number of rotatable bonds is 1. The highest BCUT2D eigenvalue weighted by atomic mass is 32.1. The fourth-order valence-corrected chi connectivity index (χ4v) is 3.03. The van der Waals surface area contributed by atoms with E-state index in [0.717, 1.165) is 24.5 Å². The van der Waals surface area contributed by atoms with E-state index in [-0.39, 0.29) is 0 Å². The van der Waals surface area contributed by atoms with Crippen molar-refractivity contribution in [1.29, 1.82) is 0 Å². The van der Waals surface area contributed by atoms with Crippen molar-refractivity contribution in [1.82, 2.24) is 10.3 Å². The van der Waals surface area contributed by atoms with Crippen LogP contribution >= 0.6 is 11.3 Å². The first-order valence-corrected chi connectivity index (χ1v) is 6.41. The zero-order valence-electron chi connectivity index (χ0n) is 9.29. The Labute approximate surface area is 99.4 Å². The SMILES string of the molecule is Cc1ccc(-c2nc3c(s2)CCNC3)cc1. The fraction of sp³-hybridized carbons (Fsp3) is 0.308. The number of hydrogen-bond donors (Lipinski definition) is 1. The molecule has 0 bridgehead atoms. The molecule has 0 radical (unpaired) electrons. The first-order valence-electron chi connectivity index (χ1n) is 5.59. The molecule has 1 aromatic heterocycles. The van der Waals surface area contributed by atoms with Gasteiger partial charge in [-0.1, -0.05) is 29.8 Å². The van der Waals surface area contributed by atoms with Gasteiger partial charge in [-0.2, -0.15) is 0 Å². The molecule has 82 valence electrons. The second-order valence-corrected chi connectivity index (χ2v) is 5.27. The van der Waals surface area contributed by atoms with Crippen LogP contribution in [0.15, 0.2) is 24.3 Å². The van der Waals surface area contributed by atoms with Gasteiger partial charge in [0.25, 0.3) is 0 Å². The number of nitrogens with one attached hydrogen (secondary N) is 1. The molecule has 2 nitrogen and oxygen atoms in total. The lowest BCUT2D eigenvalue weighted by Crippen LogP contribution is -2.22. The third-order valence-electron chi connectivity index (χ3n) is 2.90. The van der Waals surface area contributed by atoms with Crippen molar-refractivity contribution in [2.45, 2.75) is 19.9 Å². The van der Waals surface area contributed by atoms with Crippen LogP contribution in [0.3, 0.4) is 0 Å². The molecule has 0 amide bonds. The van der Waals surface area contributed by atoms with Crippen LogP contribution in [0.2, 0.25) is 0 Å². The number of hydrogen-bond acceptors (Lipinski definition) is 3. The minimum absolute atomic E-state index is 0.928. The lowest BCUT2D eigenvalue weighted by Gasteiger charge is -2.09. The molecule has 16 heavy (non-hydrogen) atoms. The van der Waals surface area contributed by atoms with Crippen molar-refractivity contribution >= 4 is 11.3 Å². The van der Waals surface area contributed by atoms with E-state index in [1.54, 1.807) is 0 Å². The Morgan fingerprint density at radius 3 is 2.81 bits per heavy atom. The fourth-order valence-electron chi connectivity index (χ4n) is 1.95. The number of aromatic nitrogens is 1. The van der Waals surface area contributed by atoms with Gasteiger partial charge in [0.05, 0.1) is 5.69 Å². The van der Waals surface area contributed by atoms with Gasteiger partial charge in [-0.15, -0.1) is 11.3 Å². The van der Waals surface area contributed by atoms with Crippen molar-refractivity contribution in [2.24, 2.45) is 0 Å². The molecule has 0 unspecified atom stereocenters. The second kappa shape index (κ2) is 4.00. The van der Waals surface area contributed by atoms with Gasteiger partial charge in [0.2, 0.25) is 0 Å². The Balaban J connectivity index is 2.00. The molecule has 0 spiro atoms. The molecule has 3 rings (SSSR count). The van der Waals surface area contributed by atoms with Crippen LogP contribution in [0.5, 0.6) is 0 Å². The van der Waals surface area contributed by atoms with E-state index in [2.05, 4.69) is 36.5 Å². The Kier molecular flexibility index (Phi) is 2.50. The Bertz CT molecular complexity index is 476. The number of nitrogens with zero attached hydrogens (tertiary/aromatic N) is 1. The van der Waals surface area contributed by atoms with Gasteiger partial charge >= 0.3 is 0 Å². The van der Waals surface area contributed by atoms with Crippen LogP contribution in [0.4, 0.5) is 0 Å². The molecule has 0 saturated heterocycles. The van der Waals surface area contributed by atoms with Crippen LogP contribution in [0, 0.1) is 6.92 Å². The van der Waals surface area contributed by atoms with Crippen molar-refractivity contribution in [3.63, 3.8) is 0 Å². The van der Waals surface area contributed by atoms with E-state index in [0.29, 0.717) is 0 Å².